The van der Waals surface area contributed by atoms with Gasteiger partial charge in [-0.1, -0.05) is 6.07 Å². The molecule has 2 atom stereocenters. The fourth-order valence-electron chi connectivity index (χ4n) is 2.48. The monoisotopic (exact) mass is 290 g/mol. The third-order valence-corrected chi connectivity index (χ3v) is 3.38. The van der Waals surface area contributed by atoms with E-state index in [1.165, 1.54) is 0 Å². The maximum Gasteiger partial charge on any atom is 0.246 e. The van der Waals surface area contributed by atoms with Crippen LogP contribution in [0.5, 0.6) is 0 Å². The Morgan fingerprint density at radius 3 is 2.52 bits per heavy atom. The van der Waals surface area contributed by atoms with Gasteiger partial charge in [-0.2, -0.15) is 0 Å². The van der Waals surface area contributed by atoms with Gasteiger partial charge >= 0.3 is 0 Å². The lowest BCUT2D eigenvalue weighted by atomic mass is 10.1. The van der Waals surface area contributed by atoms with Crippen LogP contribution in [-0.4, -0.2) is 30.6 Å². The largest absolute Gasteiger partial charge is 0.370 e. The zero-order valence-electron chi connectivity index (χ0n) is 12.4. The Hall–Kier alpha value is -2.08. The summed E-state index contributed by atoms with van der Waals surface area (Å²) in [5.74, 6) is -0.0751. The minimum absolute atomic E-state index is 0.0953. The lowest BCUT2D eigenvalue weighted by molar-refractivity contribution is -0.128. The van der Waals surface area contributed by atoms with E-state index in [1.54, 1.807) is 0 Å². The lowest BCUT2D eigenvalue weighted by Gasteiger charge is -2.11. The summed E-state index contributed by atoms with van der Waals surface area (Å²) in [7, 11) is 0. The van der Waals surface area contributed by atoms with Crippen LogP contribution in [0.1, 0.15) is 24.0 Å². The number of anilines is 1. The van der Waals surface area contributed by atoms with Crippen molar-refractivity contribution in [1.29, 1.82) is 0 Å². The Kier molecular flexibility index (Phi) is 4.80. The van der Waals surface area contributed by atoms with Gasteiger partial charge in [0.1, 0.15) is 6.10 Å². The summed E-state index contributed by atoms with van der Waals surface area (Å²) >= 11 is 0. The van der Waals surface area contributed by atoms with Crippen LogP contribution in [0.15, 0.2) is 23.2 Å². The van der Waals surface area contributed by atoms with E-state index in [1.807, 2.05) is 26.0 Å². The van der Waals surface area contributed by atoms with Crippen molar-refractivity contribution < 1.29 is 9.53 Å². The number of amides is 1. The third-order valence-electron chi connectivity index (χ3n) is 3.38. The first-order valence-corrected chi connectivity index (χ1v) is 7.04. The van der Waals surface area contributed by atoms with Gasteiger partial charge in [0.05, 0.1) is 12.6 Å². The maximum absolute atomic E-state index is 11.0. The highest BCUT2D eigenvalue weighted by atomic mass is 16.5. The van der Waals surface area contributed by atoms with Crippen molar-refractivity contribution in [3.05, 3.63) is 29.3 Å². The Morgan fingerprint density at radius 1 is 1.29 bits per heavy atom. The molecule has 1 aliphatic heterocycles. The standard InChI is InChI=1S/C15H22N4O2/c1-9-5-10(2)7-11(6-9)19-15(17)18-8-12-3-4-13(21-12)14(16)20/h5-7,12-13H,3-4,8H2,1-2H3,(H2,16,20)(H3,17,18,19). The molecule has 1 aliphatic rings. The van der Waals surface area contributed by atoms with E-state index in [2.05, 4.69) is 16.4 Å². The number of aryl methyl sites for hydroxylation is 2. The number of benzene rings is 1. The number of primary amides is 1. The fourth-order valence-corrected chi connectivity index (χ4v) is 2.48. The molecular formula is C15H22N4O2. The Balaban J connectivity index is 1.88. The molecule has 0 aliphatic carbocycles. The van der Waals surface area contributed by atoms with Gasteiger partial charge in [-0.25, -0.2) is 0 Å². The number of carbonyl (C=O) groups excluding carboxylic acids is 1. The smallest absolute Gasteiger partial charge is 0.246 e. The molecule has 1 fully saturated rings. The van der Waals surface area contributed by atoms with Crippen molar-refractivity contribution in [2.24, 2.45) is 16.5 Å². The van der Waals surface area contributed by atoms with Crippen LogP contribution in [0.4, 0.5) is 5.69 Å². The summed E-state index contributed by atoms with van der Waals surface area (Å²) in [5.41, 5.74) is 14.3. The maximum atomic E-state index is 11.0. The topological polar surface area (TPSA) is 103 Å². The zero-order valence-corrected chi connectivity index (χ0v) is 12.4. The molecule has 5 N–H and O–H groups in total. The first-order valence-electron chi connectivity index (χ1n) is 7.04. The number of aliphatic imine (C=N–C) groups is 1. The average Bonchev–Trinajstić information content (AvgIpc) is 2.84. The quantitative estimate of drug-likeness (QED) is 0.570. The molecule has 6 heteroatoms. The summed E-state index contributed by atoms with van der Waals surface area (Å²) in [6.07, 6.45) is 0.842. The summed E-state index contributed by atoms with van der Waals surface area (Å²) in [5, 5.41) is 3.06. The average molecular weight is 290 g/mol. The third kappa shape index (κ3) is 4.46. The molecule has 1 saturated heterocycles. The molecule has 1 heterocycles. The molecule has 1 aromatic rings. The molecule has 2 unspecified atom stereocenters. The number of nitrogens with zero attached hydrogens (tertiary/aromatic N) is 1. The van der Waals surface area contributed by atoms with E-state index >= 15 is 0 Å². The first-order chi connectivity index (χ1) is 9.94. The van der Waals surface area contributed by atoms with Gasteiger partial charge in [-0.05, 0) is 49.9 Å². The van der Waals surface area contributed by atoms with Crippen molar-refractivity contribution in [2.75, 3.05) is 11.9 Å². The molecule has 0 aromatic heterocycles. The van der Waals surface area contributed by atoms with Crippen LogP contribution in [0.3, 0.4) is 0 Å². The van der Waals surface area contributed by atoms with Crippen LogP contribution in [0.2, 0.25) is 0 Å². The normalized spacial score (nSPS) is 22.3. The molecule has 6 nitrogen and oxygen atoms in total. The van der Waals surface area contributed by atoms with Crippen LogP contribution in [0, 0.1) is 13.8 Å². The molecular weight excluding hydrogens is 268 g/mol. The van der Waals surface area contributed by atoms with Gasteiger partial charge in [0.15, 0.2) is 5.96 Å². The number of rotatable bonds is 4. The highest BCUT2D eigenvalue weighted by molar-refractivity contribution is 5.92. The van der Waals surface area contributed by atoms with E-state index in [-0.39, 0.29) is 6.10 Å². The van der Waals surface area contributed by atoms with Gasteiger partial charge in [-0.15, -0.1) is 0 Å². The Bertz CT molecular complexity index is 536. The van der Waals surface area contributed by atoms with Crippen LogP contribution in [0.25, 0.3) is 0 Å². The molecule has 2 rings (SSSR count). The van der Waals surface area contributed by atoms with Gasteiger partial charge in [-0.3, -0.25) is 9.79 Å². The fraction of sp³-hybridized carbons (Fsp3) is 0.467. The number of hydrogen-bond acceptors (Lipinski definition) is 3. The zero-order chi connectivity index (χ0) is 15.4. The Labute approximate surface area is 124 Å². The van der Waals surface area contributed by atoms with Crippen LogP contribution < -0.4 is 16.8 Å². The molecule has 0 saturated carbocycles. The molecule has 0 spiro atoms. The number of carbonyl (C=O) groups is 1. The molecule has 0 radical (unpaired) electrons. The highest BCUT2D eigenvalue weighted by Gasteiger charge is 2.28. The molecule has 114 valence electrons. The van der Waals surface area contributed by atoms with Crippen molar-refractivity contribution in [2.45, 2.75) is 38.9 Å². The summed E-state index contributed by atoms with van der Waals surface area (Å²) < 4.78 is 5.50. The summed E-state index contributed by atoms with van der Waals surface area (Å²) in [4.78, 5) is 15.3. The van der Waals surface area contributed by atoms with Crippen LogP contribution in [-0.2, 0) is 9.53 Å². The molecule has 21 heavy (non-hydrogen) atoms. The molecule has 1 aromatic carbocycles. The van der Waals surface area contributed by atoms with Crippen molar-refractivity contribution in [3.8, 4) is 0 Å². The van der Waals surface area contributed by atoms with Crippen molar-refractivity contribution in [1.82, 2.24) is 0 Å². The number of nitrogens with one attached hydrogen (secondary N) is 1. The van der Waals surface area contributed by atoms with E-state index in [0.29, 0.717) is 18.9 Å². The number of nitrogens with two attached hydrogens (primary N) is 2. The SMILES string of the molecule is Cc1cc(C)cc(NC(N)=NCC2CCC(C(N)=O)O2)c1. The summed E-state index contributed by atoms with van der Waals surface area (Å²) in [6, 6.07) is 6.10. The molecule has 1 amide bonds. The number of hydrogen-bond donors (Lipinski definition) is 3. The number of guanidine groups is 1. The minimum atomic E-state index is -0.487. The highest BCUT2D eigenvalue weighted by Crippen LogP contribution is 2.19. The van der Waals surface area contributed by atoms with E-state index in [4.69, 9.17) is 16.2 Å². The molecule has 0 bridgehead atoms. The van der Waals surface area contributed by atoms with E-state index in [9.17, 15) is 4.79 Å². The second-order valence-corrected chi connectivity index (χ2v) is 5.45. The van der Waals surface area contributed by atoms with Crippen LogP contribution >= 0.6 is 0 Å². The van der Waals surface area contributed by atoms with Gasteiger partial charge < -0.3 is 21.5 Å². The second kappa shape index (κ2) is 6.58. The lowest BCUT2D eigenvalue weighted by Crippen LogP contribution is -2.29. The van der Waals surface area contributed by atoms with E-state index < -0.39 is 12.0 Å². The van der Waals surface area contributed by atoms with Gasteiger partial charge in [0.2, 0.25) is 5.91 Å². The number of ether oxygens (including phenoxy) is 1. The van der Waals surface area contributed by atoms with Gasteiger partial charge in [0, 0.05) is 5.69 Å². The summed E-state index contributed by atoms with van der Waals surface area (Å²) in [6.45, 7) is 4.48. The first kappa shape index (κ1) is 15.3. The van der Waals surface area contributed by atoms with Crippen molar-refractivity contribution in [3.63, 3.8) is 0 Å². The van der Waals surface area contributed by atoms with Gasteiger partial charge in [0.25, 0.3) is 0 Å². The second-order valence-electron chi connectivity index (χ2n) is 5.45. The van der Waals surface area contributed by atoms with E-state index in [0.717, 1.165) is 23.2 Å². The predicted octanol–water partition coefficient (Wildman–Crippen LogP) is 1.06. The van der Waals surface area contributed by atoms with Crippen molar-refractivity contribution >= 4 is 17.6 Å². The minimum Gasteiger partial charge on any atom is -0.370 e. The predicted molar refractivity (Wildman–Crippen MR) is 83.1 cm³/mol. The Morgan fingerprint density at radius 2 is 1.95 bits per heavy atom.